The van der Waals surface area contributed by atoms with Gasteiger partial charge in [-0.15, -0.1) is 11.3 Å². The van der Waals surface area contributed by atoms with Crippen LogP contribution in [0.25, 0.3) is 0 Å². The highest BCUT2D eigenvalue weighted by Crippen LogP contribution is 2.26. The Balaban J connectivity index is 1.43. The van der Waals surface area contributed by atoms with E-state index in [4.69, 9.17) is 10.4 Å². The topological polar surface area (TPSA) is 106 Å². The summed E-state index contributed by atoms with van der Waals surface area (Å²) >= 11 is 1.26. The Morgan fingerprint density at radius 3 is 2.69 bits per heavy atom. The van der Waals surface area contributed by atoms with Crippen LogP contribution >= 0.6 is 11.3 Å². The molecule has 2 aromatic heterocycles. The minimum atomic E-state index is -0.156. The van der Waals surface area contributed by atoms with Crippen LogP contribution < -0.4 is 20.9 Å². The number of pyridine rings is 1. The summed E-state index contributed by atoms with van der Waals surface area (Å²) < 4.78 is 0. The minimum Gasteiger partial charge on any atom is -0.373 e. The second-order valence-electron chi connectivity index (χ2n) is 8.52. The van der Waals surface area contributed by atoms with E-state index in [1.54, 1.807) is 6.20 Å². The zero-order chi connectivity index (χ0) is 22.3. The van der Waals surface area contributed by atoms with E-state index in [1.165, 1.54) is 37.0 Å². The van der Waals surface area contributed by atoms with E-state index in [9.17, 15) is 4.79 Å². The second kappa shape index (κ2) is 10.9. The first kappa shape index (κ1) is 22.7. The Labute approximate surface area is 193 Å². The van der Waals surface area contributed by atoms with Crippen LogP contribution in [0.3, 0.4) is 0 Å². The fourth-order valence-electron chi connectivity index (χ4n) is 4.34. The van der Waals surface area contributed by atoms with Crippen LogP contribution in [0.2, 0.25) is 0 Å². The molecule has 4 N–H and O–H groups in total. The van der Waals surface area contributed by atoms with E-state index in [0.29, 0.717) is 33.9 Å². The number of anilines is 2. The van der Waals surface area contributed by atoms with Crippen molar-refractivity contribution in [2.45, 2.75) is 38.5 Å². The van der Waals surface area contributed by atoms with Crippen LogP contribution in [0.15, 0.2) is 18.3 Å². The molecule has 4 rings (SSSR count). The molecule has 9 heteroatoms. The number of thiazole rings is 1. The summed E-state index contributed by atoms with van der Waals surface area (Å²) in [5, 5.41) is 18.6. The van der Waals surface area contributed by atoms with Crippen molar-refractivity contribution in [3.8, 4) is 0 Å². The maximum atomic E-state index is 12.6. The fraction of sp³-hybridized carbons (Fsp3) is 0.565. The fourth-order valence-corrected chi connectivity index (χ4v) is 5.14. The third-order valence-corrected chi connectivity index (χ3v) is 7.29. The normalized spacial score (nSPS) is 17.6. The molecule has 8 nitrogen and oxygen atoms in total. The van der Waals surface area contributed by atoms with Crippen molar-refractivity contribution in [1.29, 1.82) is 5.41 Å². The number of rotatable bonds is 7. The number of hydrogen-bond acceptors (Lipinski definition) is 8. The van der Waals surface area contributed by atoms with Gasteiger partial charge in [0.2, 0.25) is 0 Å². The highest BCUT2D eigenvalue weighted by molar-refractivity contribution is 7.15. The molecule has 0 aliphatic carbocycles. The predicted molar refractivity (Wildman–Crippen MR) is 130 cm³/mol. The van der Waals surface area contributed by atoms with Gasteiger partial charge < -0.3 is 20.9 Å². The lowest BCUT2D eigenvalue weighted by atomic mass is 9.98. The van der Waals surface area contributed by atoms with Crippen molar-refractivity contribution in [3.63, 3.8) is 0 Å². The number of aromatic nitrogens is 2. The number of nitrogens with zero attached hydrogens (tertiary/aromatic N) is 3. The largest absolute Gasteiger partial charge is 0.373 e. The number of carbonyl (C=O) groups excluding carboxylic acids is 1. The van der Waals surface area contributed by atoms with Gasteiger partial charge >= 0.3 is 0 Å². The molecule has 0 spiro atoms. The summed E-state index contributed by atoms with van der Waals surface area (Å²) in [4.78, 5) is 24.6. The standard InChI is InChI=1S/C23H33N7OS/c1-25-21-17(6-7-19(29-21)30-12-4-2-3-5-13-30)20(24)18-15-28-23(32-18)22(31)27-14-16-8-10-26-11-9-16/h6-7,15-16,24,26H,2-5,8-14H2,1H3,(H,25,29)(H,27,31). The van der Waals surface area contributed by atoms with E-state index in [-0.39, 0.29) is 5.91 Å². The van der Waals surface area contributed by atoms with E-state index in [0.717, 1.165) is 50.4 Å². The monoisotopic (exact) mass is 455 g/mol. The molecular formula is C23H33N7OS. The van der Waals surface area contributed by atoms with Crippen LogP contribution in [-0.2, 0) is 0 Å². The summed E-state index contributed by atoms with van der Waals surface area (Å²) in [6.45, 7) is 4.75. The second-order valence-corrected chi connectivity index (χ2v) is 9.56. The molecule has 0 radical (unpaired) electrons. The SMILES string of the molecule is CNc1nc(N2CCCCCC2)ccc1C(=N)c1cnc(C(=O)NCC2CCNCC2)s1. The van der Waals surface area contributed by atoms with Crippen LogP contribution in [0, 0.1) is 11.3 Å². The number of carbonyl (C=O) groups is 1. The van der Waals surface area contributed by atoms with Gasteiger partial charge in [0.1, 0.15) is 11.6 Å². The molecule has 32 heavy (non-hydrogen) atoms. The number of amides is 1. The van der Waals surface area contributed by atoms with Gasteiger partial charge in [-0.05, 0) is 56.8 Å². The first-order valence-electron chi connectivity index (χ1n) is 11.6. The Bertz CT molecular complexity index is 930. The van der Waals surface area contributed by atoms with Crippen molar-refractivity contribution in [2.24, 2.45) is 5.92 Å². The molecule has 0 saturated carbocycles. The summed E-state index contributed by atoms with van der Waals surface area (Å²) in [6.07, 6.45) is 8.72. The van der Waals surface area contributed by atoms with Crippen molar-refractivity contribution < 1.29 is 4.79 Å². The average molecular weight is 456 g/mol. The van der Waals surface area contributed by atoms with Crippen LogP contribution in [0.5, 0.6) is 0 Å². The molecule has 2 aliphatic heterocycles. The minimum absolute atomic E-state index is 0.156. The van der Waals surface area contributed by atoms with Crippen LogP contribution in [-0.4, -0.2) is 61.4 Å². The van der Waals surface area contributed by atoms with Crippen LogP contribution in [0.1, 0.15) is 58.8 Å². The molecule has 172 valence electrons. The van der Waals surface area contributed by atoms with E-state index >= 15 is 0 Å². The number of piperidine rings is 1. The predicted octanol–water partition coefficient (Wildman–Crippen LogP) is 3.11. The molecule has 2 aliphatic rings. The average Bonchev–Trinajstić information content (AvgIpc) is 3.18. The third-order valence-electron chi connectivity index (χ3n) is 6.27. The first-order valence-corrected chi connectivity index (χ1v) is 12.4. The molecular weight excluding hydrogens is 422 g/mol. The number of hydrogen-bond donors (Lipinski definition) is 4. The van der Waals surface area contributed by atoms with Crippen molar-refractivity contribution in [1.82, 2.24) is 20.6 Å². The molecule has 1 amide bonds. The smallest absolute Gasteiger partial charge is 0.280 e. The molecule has 4 heterocycles. The lowest BCUT2D eigenvalue weighted by Crippen LogP contribution is -2.35. The summed E-state index contributed by atoms with van der Waals surface area (Å²) in [5.74, 6) is 2.00. The van der Waals surface area contributed by atoms with E-state index < -0.39 is 0 Å². The van der Waals surface area contributed by atoms with Crippen molar-refractivity contribution in [2.75, 3.05) is 50.0 Å². The lowest BCUT2D eigenvalue weighted by molar-refractivity contribution is 0.0944. The highest BCUT2D eigenvalue weighted by atomic mass is 32.1. The summed E-state index contributed by atoms with van der Waals surface area (Å²) in [7, 11) is 1.83. The summed E-state index contributed by atoms with van der Waals surface area (Å²) in [5.41, 5.74) is 1.05. The Morgan fingerprint density at radius 2 is 1.97 bits per heavy atom. The first-order chi connectivity index (χ1) is 15.7. The number of nitrogens with one attached hydrogen (secondary N) is 4. The zero-order valence-electron chi connectivity index (χ0n) is 18.7. The van der Waals surface area contributed by atoms with Crippen molar-refractivity contribution in [3.05, 3.63) is 33.8 Å². The lowest BCUT2D eigenvalue weighted by Gasteiger charge is -2.22. The van der Waals surface area contributed by atoms with Gasteiger partial charge in [0.05, 0.1) is 10.6 Å². The van der Waals surface area contributed by atoms with Gasteiger partial charge in [-0.1, -0.05) is 12.8 Å². The Morgan fingerprint density at radius 1 is 1.22 bits per heavy atom. The molecule has 0 bridgehead atoms. The zero-order valence-corrected chi connectivity index (χ0v) is 19.6. The maximum absolute atomic E-state index is 12.6. The van der Waals surface area contributed by atoms with Gasteiger partial charge in [0, 0.05) is 38.4 Å². The molecule has 0 atom stereocenters. The van der Waals surface area contributed by atoms with Gasteiger partial charge in [-0.3, -0.25) is 10.2 Å². The van der Waals surface area contributed by atoms with Gasteiger partial charge in [0.15, 0.2) is 5.01 Å². The van der Waals surface area contributed by atoms with Gasteiger partial charge in [0.25, 0.3) is 5.91 Å². The van der Waals surface area contributed by atoms with Gasteiger partial charge in [-0.2, -0.15) is 0 Å². The molecule has 2 saturated heterocycles. The Hall–Kier alpha value is -2.52. The maximum Gasteiger partial charge on any atom is 0.280 e. The molecule has 2 fully saturated rings. The van der Waals surface area contributed by atoms with E-state index in [1.807, 2.05) is 19.2 Å². The summed E-state index contributed by atoms with van der Waals surface area (Å²) in [6, 6.07) is 3.96. The van der Waals surface area contributed by atoms with Crippen LogP contribution in [0.4, 0.5) is 11.6 Å². The van der Waals surface area contributed by atoms with Crippen molar-refractivity contribution >= 4 is 34.6 Å². The molecule has 0 unspecified atom stereocenters. The quantitative estimate of drug-likeness (QED) is 0.478. The Kier molecular flexibility index (Phi) is 7.70. The van der Waals surface area contributed by atoms with Gasteiger partial charge in [-0.25, -0.2) is 9.97 Å². The highest BCUT2D eigenvalue weighted by Gasteiger charge is 2.20. The van der Waals surface area contributed by atoms with E-state index in [2.05, 4.69) is 25.8 Å². The molecule has 2 aromatic rings. The third kappa shape index (κ3) is 5.45. The molecule has 0 aromatic carbocycles.